The highest BCUT2D eigenvalue weighted by molar-refractivity contribution is 7.99. The molecule has 1 saturated heterocycles. The lowest BCUT2D eigenvalue weighted by atomic mass is 9.85. The number of carbonyl (C=O) groups excluding carboxylic acids is 2. The molecule has 0 aromatic carbocycles. The fourth-order valence-electron chi connectivity index (χ4n) is 3.29. The largest absolute Gasteiger partial charge is 0.352 e. The van der Waals surface area contributed by atoms with E-state index in [4.69, 9.17) is 0 Å². The Morgan fingerprint density at radius 1 is 1.12 bits per heavy atom. The fourth-order valence-corrected chi connectivity index (χ4v) is 4.44. The Morgan fingerprint density at radius 2 is 1.92 bits per heavy atom. The summed E-state index contributed by atoms with van der Waals surface area (Å²) < 4.78 is 13.6. The van der Waals surface area contributed by atoms with Crippen LogP contribution in [0.4, 0.5) is 4.39 Å². The molecule has 1 aromatic rings. The zero-order chi connectivity index (χ0) is 16.9. The van der Waals surface area contributed by atoms with Crippen molar-refractivity contribution in [2.45, 2.75) is 44.2 Å². The highest BCUT2D eigenvalue weighted by atomic mass is 32.2. The minimum atomic E-state index is -0.613. The van der Waals surface area contributed by atoms with E-state index < -0.39 is 11.7 Å². The second-order valence-corrected chi connectivity index (χ2v) is 7.60. The summed E-state index contributed by atoms with van der Waals surface area (Å²) in [5, 5.41) is 6.00. The van der Waals surface area contributed by atoms with Crippen LogP contribution in [-0.4, -0.2) is 40.4 Å². The van der Waals surface area contributed by atoms with Crippen LogP contribution in [0.15, 0.2) is 18.5 Å². The average Bonchev–Trinajstić information content (AvgIpc) is 3.08. The summed E-state index contributed by atoms with van der Waals surface area (Å²) in [6.45, 7) is 0. The summed E-state index contributed by atoms with van der Waals surface area (Å²) in [5.41, 5.74) is 0.0172. The van der Waals surface area contributed by atoms with Crippen LogP contribution in [0.2, 0.25) is 0 Å². The quantitative estimate of drug-likeness (QED) is 0.872. The third kappa shape index (κ3) is 4.26. The van der Waals surface area contributed by atoms with Gasteiger partial charge < -0.3 is 10.6 Å². The van der Waals surface area contributed by atoms with Gasteiger partial charge in [0.2, 0.25) is 5.91 Å². The van der Waals surface area contributed by atoms with Crippen molar-refractivity contribution in [1.29, 1.82) is 0 Å². The molecule has 7 heteroatoms. The van der Waals surface area contributed by atoms with Gasteiger partial charge >= 0.3 is 0 Å². The first-order valence-corrected chi connectivity index (χ1v) is 9.57. The van der Waals surface area contributed by atoms with E-state index in [1.807, 2.05) is 11.8 Å². The van der Waals surface area contributed by atoms with Gasteiger partial charge in [-0.05, 0) is 43.9 Å². The van der Waals surface area contributed by atoms with E-state index in [2.05, 4.69) is 15.6 Å². The molecule has 1 aliphatic heterocycles. The molecular weight excluding hydrogens is 329 g/mol. The van der Waals surface area contributed by atoms with Crippen LogP contribution >= 0.6 is 11.8 Å². The first-order valence-electron chi connectivity index (χ1n) is 8.42. The molecule has 2 N–H and O–H groups in total. The number of thioether (sulfide) groups is 1. The third-order valence-electron chi connectivity index (χ3n) is 4.73. The highest BCUT2D eigenvalue weighted by Gasteiger charge is 2.29. The predicted octanol–water partition coefficient (Wildman–Crippen LogP) is 2.13. The Bertz CT molecular complexity index is 599. The van der Waals surface area contributed by atoms with Crippen molar-refractivity contribution in [2.24, 2.45) is 5.92 Å². The summed E-state index contributed by atoms with van der Waals surface area (Å²) in [4.78, 5) is 28.0. The van der Waals surface area contributed by atoms with Crippen LogP contribution in [0.5, 0.6) is 0 Å². The van der Waals surface area contributed by atoms with Crippen molar-refractivity contribution < 1.29 is 14.0 Å². The Morgan fingerprint density at radius 3 is 2.58 bits per heavy atom. The topological polar surface area (TPSA) is 71.1 Å². The van der Waals surface area contributed by atoms with Gasteiger partial charge in [0.05, 0.1) is 11.8 Å². The molecule has 24 heavy (non-hydrogen) atoms. The van der Waals surface area contributed by atoms with E-state index in [0.29, 0.717) is 6.04 Å². The molecule has 3 rings (SSSR count). The maximum atomic E-state index is 13.6. The maximum absolute atomic E-state index is 13.6. The fraction of sp³-hybridized carbons (Fsp3) is 0.588. The molecule has 1 atom stereocenters. The standard InChI is InChI=1S/C17H22FN3O2S/c18-15-9-19-7-5-14(15)17(23)20-12-3-1-11(2-4-12)16(22)21-13-6-8-24-10-13/h5,7,9,11-13H,1-4,6,8,10H2,(H,20,23)(H,21,22). The van der Waals surface area contributed by atoms with Gasteiger partial charge in [0.25, 0.3) is 5.91 Å². The van der Waals surface area contributed by atoms with Crippen molar-refractivity contribution in [3.63, 3.8) is 0 Å². The molecule has 2 heterocycles. The van der Waals surface area contributed by atoms with Crippen LogP contribution in [0.3, 0.4) is 0 Å². The van der Waals surface area contributed by atoms with Gasteiger partial charge in [-0.3, -0.25) is 14.6 Å². The lowest BCUT2D eigenvalue weighted by molar-refractivity contribution is -0.126. The van der Waals surface area contributed by atoms with Crippen LogP contribution in [0.1, 0.15) is 42.5 Å². The van der Waals surface area contributed by atoms with Crippen molar-refractivity contribution >= 4 is 23.6 Å². The van der Waals surface area contributed by atoms with Gasteiger partial charge in [-0.1, -0.05) is 0 Å². The number of hydrogen-bond acceptors (Lipinski definition) is 4. The van der Waals surface area contributed by atoms with Crippen molar-refractivity contribution in [2.75, 3.05) is 11.5 Å². The molecule has 1 aromatic heterocycles. The van der Waals surface area contributed by atoms with E-state index in [9.17, 15) is 14.0 Å². The van der Waals surface area contributed by atoms with Gasteiger partial charge in [-0.25, -0.2) is 4.39 Å². The molecule has 0 bridgehead atoms. The number of pyridine rings is 1. The van der Waals surface area contributed by atoms with Crippen molar-refractivity contribution in [1.82, 2.24) is 15.6 Å². The number of nitrogens with one attached hydrogen (secondary N) is 2. The molecular formula is C17H22FN3O2S. The van der Waals surface area contributed by atoms with Crippen LogP contribution < -0.4 is 10.6 Å². The number of aromatic nitrogens is 1. The second kappa shape index (κ2) is 7.96. The summed E-state index contributed by atoms with van der Waals surface area (Å²) in [6, 6.07) is 1.69. The summed E-state index contributed by atoms with van der Waals surface area (Å²) >= 11 is 1.88. The Kier molecular flexibility index (Phi) is 5.71. The smallest absolute Gasteiger partial charge is 0.254 e. The molecule has 2 amide bonds. The SMILES string of the molecule is O=C(NC1CCC(C(=O)NC2CCSC2)CC1)c1ccncc1F. The molecule has 1 saturated carbocycles. The lowest BCUT2D eigenvalue weighted by Crippen LogP contribution is -2.43. The third-order valence-corrected chi connectivity index (χ3v) is 5.89. The summed E-state index contributed by atoms with van der Waals surface area (Å²) in [5.74, 6) is 1.28. The lowest BCUT2D eigenvalue weighted by Gasteiger charge is -2.29. The van der Waals surface area contributed by atoms with Crippen LogP contribution in [0.25, 0.3) is 0 Å². The molecule has 1 unspecified atom stereocenters. The molecule has 1 aliphatic carbocycles. The Labute approximate surface area is 145 Å². The van der Waals surface area contributed by atoms with E-state index in [1.54, 1.807) is 0 Å². The molecule has 130 valence electrons. The molecule has 2 fully saturated rings. The highest BCUT2D eigenvalue weighted by Crippen LogP contribution is 2.26. The Balaban J connectivity index is 1.45. The monoisotopic (exact) mass is 351 g/mol. The van der Waals surface area contributed by atoms with E-state index in [0.717, 1.165) is 49.8 Å². The minimum Gasteiger partial charge on any atom is -0.352 e. The van der Waals surface area contributed by atoms with Crippen LogP contribution in [0, 0.1) is 11.7 Å². The van der Waals surface area contributed by atoms with E-state index in [1.165, 1.54) is 12.3 Å². The molecule has 5 nitrogen and oxygen atoms in total. The number of nitrogens with zero attached hydrogens (tertiary/aromatic N) is 1. The van der Waals surface area contributed by atoms with Crippen molar-refractivity contribution in [3.8, 4) is 0 Å². The summed E-state index contributed by atoms with van der Waals surface area (Å²) in [7, 11) is 0. The molecule has 0 radical (unpaired) electrons. The zero-order valence-corrected chi connectivity index (χ0v) is 14.3. The number of hydrogen-bond donors (Lipinski definition) is 2. The molecule has 0 spiro atoms. The van der Waals surface area contributed by atoms with Gasteiger partial charge in [0.1, 0.15) is 0 Å². The predicted molar refractivity (Wildman–Crippen MR) is 91.3 cm³/mol. The average molecular weight is 351 g/mol. The van der Waals surface area contributed by atoms with E-state index in [-0.39, 0.29) is 23.4 Å². The van der Waals surface area contributed by atoms with Crippen LogP contribution in [-0.2, 0) is 4.79 Å². The van der Waals surface area contributed by atoms with Gasteiger partial charge in [-0.2, -0.15) is 11.8 Å². The van der Waals surface area contributed by atoms with Gasteiger partial charge in [0, 0.05) is 30.0 Å². The summed E-state index contributed by atoms with van der Waals surface area (Å²) in [6.07, 6.45) is 6.51. The number of halogens is 1. The number of carbonyl (C=O) groups is 2. The van der Waals surface area contributed by atoms with Gasteiger partial charge in [0.15, 0.2) is 5.82 Å². The normalized spacial score (nSPS) is 26.8. The number of rotatable bonds is 4. The molecule has 2 aliphatic rings. The van der Waals surface area contributed by atoms with Crippen molar-refractivity contribution in [3.05, 3.63) is 29.8 Å². The second-order valence-electron chi connectivity index (χ2n) is 6.45. The first kappa shape index (κ1) is 17.2. The van der Waals surface area contributed by atoms with Gasteiger partial charge in [-0.15, -0.1) is 0 Å². The van der Waals surface area contributed by atoms with E-state index >= 15 is 0 Å². The zero-order valence-electron chi connectivity index (χ0n) is 13.5. The Hall–Kier alpha value is -1.63. The number of amides is 2. The minimum absolute atomic E-state index is 0.00356. The maximum Gasteiger partial charge on any atom is 0.254 e. The first-order chi connectivity index (χ1) is 11.6.